The number of pyridine rings is 1. The summed E-state index contributed by atoms with van der Waals surface area (Å²) in [5.41, 5.74) is 0.897. The Hall–Kier alpha value is -3.86. The van der Waals surface area contributed by atoms with Crippen LogP contribution in [0.3, 0.4) is 0 Å². The van der Waals surface area contributed by atoms with Gasteiger partial charge in [-0.25, -0.2) is 18.6 Å². The minimum Gasteiger partial charge on any atom is -0.347 e. The van der Waals surface area contributed by atoms with Crippen molar-refractivity contribution in [1.82, 2.24) is 15.2 Å². The maximum absolute atomic E-state index is 14.4. The number of hydrogen-bond acceptors (Lipinski definition) is 5. The SMILES string of the molecule is C=CC(=O)N1CCCC(NC(=O)c2sc3nccc4c3c2NC(=O)N4c2cccc(C(F)(F)CC)c2)C1. The minimum absolute atomic E-state index is 0.182. The number of carbonyl (C=O) groups excluding carboxylic acids is 3. The number of likely N-dealkylation sites (tertiary alicyclic amines) is 1. The fourth-order valence-electron chi connectivity index (χ4n) is 4.75. The quantitative estimate of drug-likeness (QED) is 0.422. The number of anilines is 3. The van der Waals surface area contributed by atoms with Crippen molar-refractivity contribution in [3.05, 3.63) is 59.6 Å². The van der Waals surface area contributed by atoms with Crippen molar-refractivity contribution in [3.8, 4) is 0 Å². The van der Waals surface area contributed by atoms with E-state index in [0.29, 0.717) is 39.6 Å². The van der Waals surface area contributed by atoms with Gasteiger partial charge in [0.2, 0.25) is 5.91 Å². The highest BCUT2D eigenvalue weighted by Crippen LogP contribution is 2.46. The average Bonchev–Trinajstić information content (AvgIpc) is 3.28. The summed E-state index contributed by atoms with van der Waals surface area (Å²) in [6.07, 6.45) is 3.88. The Morgan fingerprint density at radius 2 is 2.16 bits per heavy atom. The van der Waals surface area contributed by atoms with Crippen LogP contribution in [0.5, 0.6) is 0 Å². The van der Waals surface area contributed by atoms with Crippen LogP contribution in [0.1, 0.15) is 41.4 Å². The lowest BCUT2D eigenvalue weighted by Crippen LogP contribution is -2.49. The van der Waals surface area contributed by atoms with E-state index in [1.807, 2.05) is 0 Å². The number of nitrogens with zero attached hydrogens (tertiary/aromatic N) is 3. The fourth-order valence-corrected chi connectivity index (χ4v) is 5.77. The molecule has 4 heterocycles. The maximum Gasteiger partial charge on any atom is 0.331 e. The van der Waals surface area contributed by atoms with Crippen LogP contribution >= 0.6 is 11.3 Å². The molecule has 0 aliphatic carbocycles. The maximum atomic E-state index is 14.4. The lowest BCUT2D eigenvalue weighted by Gasteiger charge is -2.32. The molecule has 2 aromatic heterocycles. The van der Waals surface area contributed by atoms with Gasteiger partial charge in [0.1, 0.15) is 9.71 Å². The molecule has 2 aliphatic heterocycles. The molecule has 1 aromatic carbocycles. The van der Waals surface area contributed by atoms with E-state index in [4.69, 9.17) is 0 Å². The van der Waals surface area contributed by atoms with Crippen LogP contribution in [-0.2, 0) is 10.7 Å². The van der Waals surface area contributed by atoms with E-state index < -0.39 is 12.0 Å². The number of halogens is 2. The highest BCUT2D eigenvalue weighted by Gasteiger charge is 2.35. The number of thiophene rings is 1. The lowest BCUT2D eigenvalue weighted by atomic mass is 10.0. The molecule has 192 valence electrons. The molecular formula is C26H25F2N5O3S. The van der Waals surface area contributed by atoms with Crippen LogP contribution in [-0.4, -0.2) is 46.9 Å². The topological polar surface area (TPSA) is 94.6 Å². The van der Waals surface area contributed by atoms with E-state index in [2.05, 4.69) is 22.2 Å². The summed E-state index contributed by atoms with van der Waals surface area (Å²) in [6.45, 7) is 5.91. The first-order chi connectivity index (χ1) is 17.7. The monoisotopic (exact) mass is 525 g/mol. The number of benzene rings is 1. The average molecular weight is 526 g/mol. The van der Waals surface area contributed by atoms with Gasteiger partial charge in [-0.05, 0) is 37.1 Å². The number of piperidine rings is 1. The molecule has 1 fully saturated rings. The summed E-state index contributed by atoms with van der Waals surface area (Å²) >= 11 is 1.14. The van der Waals surface area contributed by atoms with E-state index in [-0.39, 0.29) is 35.5 Å². The van der Waals surface area contributed by atoms with Gasteiger partial charge in [-0.3, -0.25) is 14.5 Å². The molecule has 1 atom stereocenters. The normalized spacial score (nSPS) is 17.5. The Bertz CT molecular complexity index is 1420. The van der Waals surface area contributed by atoms with E-state index in [0.717, 1.165) is 24.2 Å². The molecule has 0 radical (unpaired) electrons. The van der Waals surface area contributed by atoms with Crippen LogP contribution in [0.15, 0.2) is 49.2 Å². The Kier molecular flexibility index (Phi) is 6.40. The Labute approximate surface area is 216 Å². The van der Waals surface area contributed by atoms with Crippen molar-refractivity contribution in [2.75, 3.05) is 23.3 Å². The molecule has 2 aliphatic rings. The first-order valence-electron chi connectivity index (χ1n) is 12.0. The van der Waals surface area contributed by atoms with Crippen molar-refractivity contribution < 1.29 is 23.2 Å². The fraction of sp³-hybridized carbons (Fsp3) is 0.308. The molecule has 37 heavy (non-hydrogen) atoms. The molecule has 2 N–H and O–H groups in total. The highest BCUT2D eigenvalue weighted by molar-refractivity contribution is 7.21. The number of rotatable bonds is 6. The third-order valence-corrected chi connectivity index (χ3v) is 7.76. The van der Waals surface area contributed by atoms with Crippen molar-refractivity contribution in [1.29, 1.82) is 0 Å². The highest BCUT2D eigenvalue weighted by atomic mass is 32.1. The van der Waals surface area contributed by atoms with Gasteiger partial charge in [0.25, 0.3) is 11.8 Å². The molecule has 5 rings (SSSR count). The van der Waals surface area contributed by atoms with E-state index in [1.165, 1.54) is 42.3 Å². The van der Waals surface area contributed by atoms with Crippen molar-refractivity contribution >= 4 is 56.5 Å². The second-order valence-electron chi connectivity index (χ2n) is 8.99. The summed E-state index contributed by atoms with van der Waals surface area (Å²) in [5.74, 6) is -3.59. The predicted molar refractivity (Wildman–Crippen MR) is 139 cm³/mol. The first kappa shape index (κ1) is 24.8. The predicted octanol–water partition coefficient (Wildman–Crippen LogP) is 5.39. The standard InChI is InChI=1S/C26H25F2N5O3S/c1-3-19(34)32-12-6-8-16(14-32)30-23(35)22-21-20-18(10-11-29-24(20)37-22)33(25(36)31-21)17-9-5-7-15(13-17)26(27,28)4-2/h3,5,7,9-11,13,16H,1,4,6,8,12,14H2,2H3,(H,30,35)(H,31,36). The summed E-state index contributed by atoms with van der Waals surface area (Å²) in [6, 6.07) is 6.55. The Balaban J connectivity index is 1.48. The van der Waals surface area contributed by atoms with Gasteiger partial charge in [-0.15, -0.1) is 11.3 Å². The van der Waals surface area contributed by atoms with Gasteiger partial charge in [-0.2, -0.15) is 0 Å². The molecule has 3 aromatic rings. The Morgan fingerprint density at radius 3 is 2.92 bits per heavy atom. The van der Waals surface area contributed by atoms with Gasteiger partial charge >= 0.3 is 6.03 Å². The molecule has 1 unspecified atom stereocenters. The van der Waals surface area contributed by atoms with Crippen LogP contribution in [0.25, 0.3) is 10.2 Å². The first-order valence-corrected chi connectivity index (χ1v) is 12.8. The van der Waals surface area contributed by atoms with Crippen LogP contribution < -0.4 is 15.5 Å². The van der Waals surface area contributed by atoms with Gasteiger partial charge in [0, 0.05) is 37.3 Å². The van der Waals surface area contributed by atoms with Gasteiger partial charge in [0.05, 0.1) is 22.4 Å². The number of amides is 4. The molecule has 1 saturated heterocycles. The third kappa shape index (κ3) is 4.43. The molecule has 8 nitrogen and oxygen atoms in total. The van der Waals surface area contributed by atoms with E-state index in [9.17, 15) is 23.2 Å². The van der Waals surface area contributed by atoms with Crippen molar-refractivity contribution in [3.63, 3.8) is 0 Å². The molecule has 0 bridgehead atoms. The molecule has 11 heteroatoms. The minimum atomic E-state index is -3.03. The summed E-state index contributed by atoms with van der Waals surface area (Å²) in [4.78, 5) is 46.7. The third-order valence-electron chi connectivity index (χ3n) is 6.67. The summed E-state index contributed by atoms with van der Waals surface area (Å²) < 4.78 is 28.7. The lowest BCUT2D eigenvalue weighted by molar-refractivity contribution is -0.127. The second kappa shape index (κ2) is 9.55. The van der Waals surface area contributed by atoms with E-state index >= 15 is 0 Å². The number of carbonyl (C=O) groups is 3. The van der Waals surface area contributed by atoms with Gasteiger partial charge in [0.15, 0.2) is 0 Å². The molecule has 4 amide bonds. The number of aromatic nitrogens is 1. The van der Waals surface area contributed by atoms with Crippen LogP contribution in [0, 0.1) is 0 Å². The molecule has 0 saturated carbocycles. The van der Waals surface area contributed by atoms with Crippen LogP contribution in [0.4, 0.5) is 30.6 Å². The zero-order valence-corrected chi connectivity index (χ0v) is 20.9. The largest absolute Gasteiger partial charge is 0.347 e. The summed E-state index contributed by atoms with van der Waals surface area (Å²) in [7, 11) is 0. The second-order valence-corrected chi connectivity index (χ2v) is 9.99. The molecule has 0 spiro atoms. The number of hydrogen-bond donors (Lipinski definition) is 2. The van der Waals surface area contributed by atoms with Crippen LogP contribution in [0.2, 0.25) is 0 Å². The smallest absolute Gasteiger partial charge is 0.331 e. The van der Waals surface area contributed by atoms with Gasteiger partial charge < -0.3 is 15.5 Å². The zero-order valence-electron chi connectivity index (χ0n) is 20.1. The van der Waals surface area contributed by atoms with E-state index in [1.54, 1.807) is 17.0 Å². The number of urea groups is 1. The van der Waals surface area contributed by atoms with Gasteiger partial charge in [-0.1, -0.05) is 25.6 Å². The summed E-state index contributed by atoms with van der Waals surface area (Å²) in [5, 5.41) is 6.32. The van der Waals surface area contributed by atoms with Crippen molar-refractivity contribution in [2.24, 2.45) is 0 Å². The number of alkyl halides is 2. The van der Waals surface area contributed by atoms with Crippen molar-refractivity contribution in [2.45, 2.75) is 38.2 Å². The zero-order chi connectivity index (χ0) is 26.3. The Morgan fingerprint density at radius 1 is 1.35 bits per heavy atom. The molecular weight excluding hydrogens is 500 g/mol. The number of nitrogens with one attached hydrogen (secondary N) is 2.